The molecular weight excluding hydrogens is 354 g/mol. The Morgan fingerprint density at radius 3 is 2.46 bits per heavy atom. The minimum Gasteiger partial charge on any atom is -0.440 e. The Kier molecular flexibility index (Phi) is 5.10. The molecule has 1 atom stereocenters. The minimum atomic E-state index is -0.561. The Hall–Kier alpha value is -3.15. The van der Waals surface area contributed by atoms with Crippen molar-refractivity contribution in [3.05, 3.63) is 66.1 Å². The van der Waals surface area contributed by atoms with E-state index in [1.807, 2.05) is 35.2 Å². The van der Waals surface area contributed by atoms with Crippen molar-refractivity contribution >= 4 is 22.9 Å². The first-order valence-electron chi connectivity index (χ1n) is 9.62. The Labute approximate surface area is 163 Å². The second-order valence-electron chi connectivity index (χ2n) is 7.18. The van der Waals surface area contributed by atoms with Crippen LogP contribution in [0, 0.1) is 0 Å². The zero-order valence-corrected chi connectivity index (χ0v) is 15.8. The maximum absolute atomic E-state index is 12.7. The lowest BCUT2D eigenvalue weighted by atomic mass is 9.96. The van der Waals surface area contributed by atoms with Crippen LogP contribution in [0.3, 0.4) is 0 Å². The van der Waals surface area contributed by atoms with E-state index in [-0.39, 0.29) is 17.7 Å². The van der Waals surface area contributed by atoms with Gasteiger partial charge in [-0.15, -0.1) is 0 Å². The number of nitrogens with one attached hydrogen (secondary N) is 1. The zero-order valence-electron chi connectivity index (χ0n) is 15.8. The molecule has 4 rings (SSSR count). The molecule has 0 saturated carbocycles. The third-order valence-corrected chi connectivity index (χ3v) is 5.22. The minimum absolute atomic E-state index is 0.0553. The van der Waals surface area contributed by atoms with Gasteiger partial charge in [0.15, 0.2) is 11.5 Å². The van der Waals surface area contributed by atoms with Crippen LogP contribution >= 0.6 is 0 Å². The summed E-state index contributed by atoms with van der Waals surface area (Å²) in [5, 5.41) is 2.79. The molecule has 0 aliphatic carbocycles. The predicted molar refractivity (Wildman–Crippen MR) is 106 cm³/mol. The van der Waals surface area contributed by atoms with Crippen LogP contribution in [-0.4, -0.2) is 40.8 Å². The van der Waals surface area contributed by atoms with Gasteiger partial charge >= 0.3 is 0 Å². The second-order valence-corrected chi connectivity index (χ2v) is 7.18. The van der Waals surface area contributed by atoms with Crippen LogP contribution < -0.4 is 5.32 Å². The summed E-state index contributed by atoms with van der Waals surface area (Å²) in [4.78, 5) is 31.4. The Morgan fingerprint density at radius 2 is 1.75 bits per heavy atom. The summed E-state index contributed by atoms with van der Waals surface area (Å²) in [6.07, 6.45) is 1.61. The molecule has 1 N–H and O–H groups in total. The van der Waals surface area contributed by atoms with Crippen LogP contribution in [0.5, 0.6) is 0 Å². The molecule has 1 aromatic heterocycles. The summed E-state index contributed by atoms with van der Waals surface area (Å²) >= 11 is 0. The first-order valence-corrected chi connectivity index (χ1v) is 9.62. The van der Waals surface area contributed by atoms with Gasteiger partial charge in [-0.3, -0.25) is 9.59 Å². The number of amides is 2. The van der Waals surface area contributed by atoms with Crippen LogP contribution in [0.25, 0.3) is 11.1 Å². The molecule has 28 heavy (non-hydrogen) atoms. The smallest absolute Gasteiger partial charge is 0.251 e. The van der Waals surface area contributed by atoms with Gasteiger partial charge in [-0.1, -0.05) is 30.3 Å². The number of nitrogens with zero attached hydrogens (tertiary/aromatic N) is 2. The molecule has 0 spiro atoms. The van der Waals surface area contributed by atoms with Crippen molar-refractivity contribution in [2.45, 2.75) is 31.7 Å². The number of hydrogen-bond donors (Lipinski definition) is 1. The third kappa shape index (κ3) is 3.76. The summed E-state index contributed by atoms with van der Waals surface area (Å²) in [5.41, 5.74) is 2.22. The summed E-state index contributed by atoms with van der Waals surface area (Å²) < 4.78 is 5.88. The van der Waals surface area contributed by atoms with Gasteiger partial charge in [0.05, 0.1) is 0 Å². The standard InChI is InChI=1S/C22H23N3O3/c1-15(23-20(26)16-7-3-2-4-8-16)22(27)25-13-11-17(12-14-25)21-24-18-9-5-6-10-19(18)28-21/h2-10,15,17H,11-14H2,1H3,(H,23,26). The molecule has 1 saturated heterocycles. The van der Waals surface area contributed by atoms with Crippen molar-refractivity contribution in [1.82, 2.24) is 15.2 Å². The van der Waals surface area contributed by atoms with Crippen molar-refractivity contribution in [2.75, 3.05) is 13.1 Å². The predicted octanol–water partition coefficient (Wildman–Crippen LogP) is 3.35. The van der Waals surface area contributed by atoms with E-state index in [4.69, 9.17) is 4.42 Å². The Bertz CT molecular complexity index is 942. The van der Waals surface area contributed by atoms with Crippen LogP contribution in [0.1, 0.15) is 41.9 Å². The highest BCUT2D eigenvalue weighted by Crippen LogP contribution is 2.30. The summed E-state index contributed by atoms with van der Waals surface area (Å²) in [7, 11) is 0. The van der Waals surface area contributed by atoms with E-state index in [1.165, 1.54) is 0 Å². The van der Waals surface area contributed by atoms with Gasteiger partial charge in [-0.05, 0) is 44.0 Å². The van der Waals surface area contributed by atoms with E-state index in [0.717, 1.165) is 29.8 Å². The Morgan fingerprint density at radius 1 is 1.07 bits per heavy atom. The lowest BCUT2D eigenvalue weighted by Crippen LogP contribution is -2.49. The number of para-hydroxylation sites is 2. The molecule has 0 bridgehead atoms. The van der Waals surface area contributed by atoms with Gasteiger partial charge < -0.3 is 14.6 Å². The summed E-state index contributed by atoms with van der Waals surface area (Å²) in [5.74, 6) is 0.674. The quantitative estimate of drug-likeness (QED) is 0.757. The second kappa shape index (κ2) is 7.84. The van der Waals surface area contributed by atoms with Crippen molar-refractivity contribution < 1.29 is 14.0 Å². The number of piperidine rings is 1. The fourth-order valence-corrected chi connectivity index (χ4v) is 3.62. The number of hydrogen-bond acceptors (Lipinski definition) is 4. The van der Waals surface area contributed by atoms with Crippen LogP contribution in [0.4, 0.5) is 0 Å². The lowest BCUT2D eigenvalue weighted by molar-refractivity contribution is -0.133. The fourth-order valence-electron chi connectivity index (χ4n) is 3.62. The first-order chi connectivity index (χ1) is 13.6. The van der Waals surface area contributed by atoms with Gasteiger partial charge in [0.1, 0.15) is 11.6 Å². The van der Waals surface area contributed by atoms with E-state index in [0.29, 0.717) is 18.7 Å². The molecule has 0 radical (unpaired) electrons. The molecule has 6 heteroatoms. The topological polar surface area (TPSA) is 75.4 Å². The van der Waals surface area contributed by atoms with Crippen LogP contribution in [0.15, 0.2) is 59.0 Å². The first kappa shape index (κ1) is 18.2. The largest absolute Gasteiger partial charge is 0.440 e. The molecule has 3 aromatic rings. The number of carbonyl (C=O) groups excluding carboxylic acids is 2. The number of fused-ring (bicyclic) bond motifs is 1. The summed E-state index contributed by atoms with van der Waals surface area (Å²) in [6.45, 7) is 3.00. The molecule has 2 aromatic carbocycles. The number of aromatic nitrogens is 1. The highest BCUT2D eigenvalue weighted by molar-refractivity contribution is 5.97. The van der Waals surface area contributed by atoms with E-state index >= 15 is 0 Å². The van der Waals surface area contributed by atoms with Crippen molar-refractivity contribution in [3.63, 3.8) is 0 Å². The molecule has 1 aliphatic heterocycles. The van der Waals surface area contributed by atoms with Gasteiger partial charge in [0.25, 0.3) is 5.91 Å². The number of oxazole rings is 1. The van der Waals surface area contributed by atoms with Crippen molar-refractivity contribution in [3.8, 4) is 0 Å². The van der Waals surface area contributed by atoms with E-state index in [1.54, 1.807) is 31.2 Å². The maximum atomic E-state index is 12.7. The molecule has 144 valence electrons. The van der Waals surface area contributed by atoms with Gasteiger partial charge in [-0.2, -0.15) is 0 Å². The SMILES string of the molecule is CC(NC(=O)c1ccccc1)C(=O)N1CCC(c2nc3ccccc3o2)CC1. The molecule has 2 heterocycles. The highest BCUT2D eigenvalue weighted by atomic mass is 16.3. The molecule has 1 fully saturated rings. The highest BCUT2D eigenvalue weighted by Gasteiger charge is 2.29. The van der Waals surface area contributed by atoms with Crippen molar-refractivity contribution in [2.24, 2.45) is 0 Å². The zero-order chi connectivity index (χ0) is 19.5. The molecule has 1 aliphatic rings. The molecule has 6 nitrogen and oxygen atoms in total. The monoisotopic (exact) mass is 377 g/mol. The van der Waals surface area contributed by atoms with E-state index < -0.39 is 6.04 Å². The van der Waals surface area contributed by atoms with Gasteiger partial charge in [0, 0.05) is 24.6 Å². The fraction of sp³-hybridized carbons (Fsp3) is 0.318. The van der Waals surface area contributed by atoms with Gasteiger partial charge in [0.2, 0.25) is 5.91 Å². The number of likely N-dealkylation sites (tertiary alicyclic amines) is 1. The normalized spacial score (nSPS) is 16.1. The van der Waals surface area contributed by atoms with E-state index in [2.05, 4.69) is 10.3 Å². The van der Waals surface area contributed by atoms with Crippen molar-refractivity contribution in [1.29, 1.82) is 0 Å². The lowest BCUT2D eigenvalue weighted by Gasteiger charge is -2.32. The molecule has 2 amide bonds. The number of rotatable bonds is 4. The van der Waals surface area contributed by atoms with Crippen LogP contribution in [-0.2, 0) is 4.79 Å². The maximum Gasteiger partial charge on any atom is 0.251 e. The third-order valence-electron chi connectivity index (χ3n) is 5.22. The van der Waals surface area contributed by atoms with Crippen LogP contribution in [0.2, 0.25) is 0 Å². The Balaban J connectivity index is 1.33. The van der Waals surface area contributed by atoms with Gasteiger partial charge in [-0.25, -0.2) is 4.98 Å². The summed E-state index contributed by atoms with van der Waals surface area (Å²) in [6, 6.07) is 16.1. The molecular formula is C22H23N3O3. The van der Waals surface area contributed by atoms with E-state index in [9.17, 15) is 9.59 Å². The number of benzene rings is 2. The number of carbonyl (C=O) groups is 2. The average Bonchev–Trinajstić information content (AvgIpc) is 3.18. The molecule has 1 unspecified atom stereocenters. The average molecular weight is 377 g/mol.